The Morgan fingerprint density at radius 2 is 1.51 bits per heavy atom. The number of rotatable bonds is 7. The van der Waals surface area contributed by atoms with E-state index in [2.05, 4.69) is 10.2 Å². The van der Waals surface area contributed by atoms with Crippen molar-refractivity contribution >= 4 is 29.4 Å². The molecular weight excluding hydrogens is 470 g/mol. The number of carbonyl (C=O) groups is 3. The minimum Gasteiger partial charge on any atom is -0.454 e. The Labute approximate surface area is 205 Å². The summed E-state index contributed by atoms with van der Waals surface area (Å²) >= 11 is 5.90. The molecule has 174 valence electrons. The molecule has 1 aliphatic heterocycles. The highest BCUT2D eigenvalue weighted by atomic mass is 35.5. The lowest BCUT2D eigenvalue weighted by Gasteiger charge is -2.24. The van der Waals surface area contributed by atoms with Gasteiger partial charge in [-0.2, -0.15) is 0 Å². The molecule has 0 radical (unpaired) electrons. The number of carbonyl (C=O) groups excluding carboxylic acids is 3. The van der Waals surface area contributed by atoms with Crippen molar-refractivity contribution in [3.63, 3.8) is 0 Å². The third kappa shape index (κ3) is 4.56. The molecule has 0 saturated heterocycles. The standard InChI is InChI=1S/C26H18ClN3O5/c27-18-12-10-17(11-13-18)23-29-28-22(35-23)15-34-26(33)21(14-16-6-2-1-3-7-16)30-24(31)19-8-4-5-9-20(19)25(30)32/h1-13,21H,14-15H2. The monoisotopic (exact) mass is 487 g/mol. The van der Waals surface area contributed by atoms with Crippen molar-refractivity contribution in [3.05, 3.63) is 106 Å². The number of ether oxygens (including phenoxy) is 1. The van der Waals surface area contributed by atoms with Crippen LogP contribution < -0.4 is 0 Å². The topological polar surface area (TPSA) is 103 Å². The maximum atomic E-state index is 13.2. The molecule has 1 unspecified atom stereocenters. The van der Waals surface area contributed by atoms with Gasteiger partial charge in [-0.05, 0) is 42.0 Å². The van der Waals surface area contributed by atoms with Crippen LogP contribution in [0.3, 0.4) is 0 Å². The van der Waals surface area contributed by atoms with Crippen LogP contribution in [0.1, 0.15) is 32.2 Å². The lowest BCUT2D eigenvalue weighted by molar-refractivity contribution is -0.150. The third-order valence-corrected chi connectivity index (χ3v) is 5.83. The Balaban J connectivity index is 1.36. The molecule has 2 heterocycles. The van der Waals surface area contributed by atoms with Gasteiger partial charge in [-0.15, -0.1) is 10.2 Å². The summed E-state index contributed by atoms with van der Waals surface area (Å²) in [5, 5.41) is 8.45. The molecular formula is C26H18ClN3O5. The van der Waals surface area contributed by atoms with Crippen LogP contribution in [0.25, 0.3) is 11.5 Å². The van der Waals surface area contributed by atoms with Crippen LogP contribution in [0.4, 0.5) is 0 Å². The first-order chi connectivity index (χ1) is 17.0. The van der Waals surface area contributed by atoms with Crippen molar-refractivity contribution < 1.29 is 23.5 Å². The van der Waals surface area contributed by atoms with Crippen molar-refractivity contribution in [3.8, 4) is 11.5 Å². The number of hydrogen-bond donors (Lipinski definition) is 0. The molecule has 1 aliphatic rings. The fraction of sp³-hybridized carbons (Fsp3) is 0.115. The SMILES string of the molecule is O=C(OCc1nnc(-c2ccc(Cl)cc2)o1)C(Cc1ccccc1)N1C(=O)c2ccccc2C1=O. The molecule has 5 rings (SSSR count). The Hall–Kier alpha value is -4.30. The zero-order valence-corrected chi connectivity index (χ0v) is 19.0. The van der Waals surface area contributed by atoms with Crippen molar-refractivity contribution in [2.24, 2.45) is 0 Å². The highest BCUT2D eigenvalue weighted by Crippen LogP contribution is 2.27. The molecule has 0 N–H and O–H groups in total. The van der Waals surface area contributed by atoms with Crippen LogP contribution in [0.15, 0.2) is 83.3 Å². The second-order valence-electron chi connectivity index (χ2n) is 7.85. The number of amides is 2. The number of fused-ring (bicyclic) bond motifs is 1. The van der Waals surface area contributed by atoms with Crippen LogP contribution in [-0.4, -0.2) is 38.9 Å². The minimum atomic E-state index is -1.16. The molecule has 3 aromatic carbocycles. The predicted molar refractivity (Wildman–Crippen MR) is 125 cm³/mol. The van der Waals surface area contributed by atoms with Crippen LogP contribution in [0.5, 0.6) is 0 Å². The van der Waals surface area contributed by atoms with Gasteiger partial charge in [0.25, 0.3) is 17.7 Å². The molecule has 35 heavy (non-hydrogen) atoms. The average Bonchev–Trinajstić information content (AvgIpc) is 3.45. The van der Waals surface area contributed by atoms with Crippen LogP contribution in [-0.2, 0) is 22.6 Å². The summed E-state index contributed by atoms with van der Waals surface area (Å²) in [4.78, 5) is 40.3. The summed E-state index contributed by atoms with van der Waals surface area (Å²) in [6.07, 6.45) is 0.102. The largest absolute Gasteiger partial charge is 0.454 e. The molecule has 8 nitrogen and oxygen atoms in total. The zero-order chi connectivity index (χ0) is 24.4. The average molecular weight is 488 g/mol. The summed E-state index contributed by atoms with van der Waals surface area (Å²) in [6, 6.07) is 21.3. The van der Waals surface area contributed by atoms with E-state index in [1.807, 2.05) is 30.3 Å². The van der Waals surface area contributed by atoms with Gasteiger partial charge in [-0.25, -0.2) is 4.79 Å². The number of halogens is 1. The Morgan fingerprint density at radius 3 is 2.17 bits per heavy atom. The second kappa shape index (κ2) is 9.52. The van der Waals surface area contributed by atoms with Gasteiger partial charge in [0.15, 0.2) is 6.61 Å². The normalized spacial score (nSPS) is 13.6. The summed E-state index contributed by atoms with van der Waals surface area (Å²) in [5.74, 6) is -1.51. The maximum absolute atomic E-state index is 13.2. The first kappa shape index (κ1) is 22.5. The third-order valence-electron chi connectivity index (χ3n) is 5.58. The number of aromatic nitrogens is 2. The lowest BCUT2D eigenvalue weighted by Crippen LogP contribution is -2.47. The summed E-state index contributed by atoms with van der Waals surface area (Å²) in [5.41, 5.74) is 1.95. The molecule has 0 bridgehead atoms. The lowest BCUT2D eigenvalue weighted by atomic mass is 10.0. The van der Waals surface area contributed by atoms with E-state index in [1.54, 1.807) is 48.5 Å². The molecule has 0 spiro atoms. The molecule has 0 aliphatic carbocycles. The van der Waals surface area contributed by atoms with E-state index >= 15 is 0 Å². The van der Waals surface area contributed by atoms with Gasteiger partial charge >= 0.3 is 5.97 Å². The van der Waals surface area contributed by atoms with Crippen molar-refractivity contribution in [2.75, 3.05) is 0 Å². The van der Waals surface area contributed by atoms with E-state index in [4.69, 9.17) is 20.8 Å². The molecule has 2 amide bonds. The summed E-state index contributed by atoms with van der Waals surface area (Å²) in [6.45, 7) is -0.312. The van der Waals surface area contributed by atoms with Crippen LogP contribution in [0, 0.1) is 0 Å². The van der Waals surface area contributed by atoms with Crippen molar-refractivity contribution in [1.29, 1.82) is 0 Å². The maximum Gasteiger partial charge on any atom is 0.330 e. The Morgan fingerprint density at radius 1 is 0.886 bits per heavy atom. The first-order valence-electron chi connectivity index (χ1n) is 10.8. The van der Waals surface area contributed by atoms with Gasteiger partial charge in [0, 0.05) is 17.0 Å². The fourth-order valence-electron chi connectivity index (χ4n) is 3.86. The van der Waals surface area contributed by atoms with Gasteiger partial charge < -0.3 is 9.15 Å². The second-order valence-corrected chi connectivity index (χ2v) is 8.28. The molecule has 1 atom stereocenters. The van der Waals surface area contributed by atoms with Gasteiger partial charge in [0.2, 0.25) is 5.89 Å². The summed E-state index contributed by atoms with van der Waals surface area (Å²) < 4.78 is 11.0. The zero-order valence-electron chi connectivity index (χ0n) is 18.3. The summed E-state index contributed by atoms with van der Waals surface area (Å²) in [7, 11) is 0. The van der Waals surface area contributed by atoms with Crippen molar-refractivity contribution in [2.45, 2.75) is 19.1 Å². The van der Waals surface area contributed by atoms with E-state index in [9.17, 15) is 14.4 Å². The number of hydrogen-bond acceptors (Lipinski definition) is 7. The quantitative estimate of drug-likeness (QED) is 0.282. The molecule has 0 fully saturated rings. The van der Waals surface area contributed by atoms with Gasteiger partial charge in [-0.1, -0.05) is 54.1 Å². The number of imide groups is 1. The van der Waals surface area contributed by atoms with Crippen LogP contribution >= 0.6 is 11.6 Å². The molecule has 4 aromatic rings. The number of nitrogens with zero attached hydrogens (tertiary/aromatic N) is 3. The van der Waals surface area contributed by atoms with E-state index in [0.29, 0.717) is 10.6 Å². The van der Waals surface area contributed by atoms with Gasteiger partial charge in [0.05, 0.1) is 11.1 Å². The van der Waals surface area contributed by atoms with Gasteiger partial charge in [-0.3, -0.25) is 14.5 Å². The van der Waals surface area contributed by atoms with Crippen molar-refractivity contribution in [1.82, 2.24) is 15.1 Å². The molecule has 9 heteroatoms. The molecule has 0 saturated carbocycles. The minimum absolute atomic E-state index is 0.0733. The van der Waals surface area contributed by atoms with E-state index < -0.39 is 23.8 Å². The van der Waals surface area contributed by atoms with E-state index in [1.165, 1.54) is 0 Å². The highest BCUT2D eigenvalue weighted by molar-refractivity contribution is 6.30. The van der Waals surface area contributed by atoms with Crippen LogP contribution in [0.2, 0.25) is 5.02 Å². The molecule has 1 aromatic heterocycles. The van der Waals surface area contributed by atoms with E-state index in [0.717, 1.165) is 10.5 Å². The smallest absolute Gasteiger partial charge is 0.330 e. The number of benzene rings is 3. The first-order valence-corrected chi connectivity index (χ1v) is 11.1. The highest BCUT2D eigenvalue weighted by Gasteiger charge is 2.43. The Kier molecular flexibility index (Phi) is 6.12. The van der Waals surface area contributed by atoms with E-state index in [-0.39, 0.29) is 35.9 Å². The van der Waals surface area contributed by atoms with Gasteiger partial charge in [0.1, 0.15) is 6.04 Å². The fourth-order valence-corrected chi connectivity index (χ4v) is 3.98. The predicted octanol–water partition coefficient (Wildman–Crippen LogP) is 4.34. The Bertz CT molecular complexity index is 1370. The number of esters is 1.